The fourth-order valence-electron chi connectivity index (χ4n) is 2.83. The molecule has 1 rings (SSSR count). The van der Waals surface area contributed by atoms with Crippen molar-refractivity contribution in [2.24, 2.45) is 0 Å². The monoisotopic (exact) mass is 336 g/mol. The molecule has 1 N–H and O–H groups in total. The van der Waals surface area contributed by atoms with Crippen LogP contribution >= 0.6 is 0 Å². The van der Waals surface area contributed by atoms with Gasteiger partial charge in [-0.1, -0.05) is 65.2 Å². The van der Waals surface area contributed by atoms with Crippen molar-refractivity contribution in [1.29, 1.82) is 0 Å². The van der Waals surface area contributed by atoms with E-state index in [2.05, 4.69) is 13.8 Å². The van der Waals surface area contributed by atoms with Crippen molar-refractivity contribution in [3.63, 3.8) is 0 Å². The Labute approximate surface area is 145 Å². The van der Waals surface area contributed by atoms with Crippen LogP contribution in [0.4, 0.5) is 0 Å². The van der Waals surface area contributed by atoms with Crippen molar-refractivity contribution in [2.75, 3.05) is 0 Å². The Kier molecular flexibility index (Phi) is 10.1. The number of carbonyl (C=O) groups is 1. The number of aryl methyl sites for hydroxylation is 1. The lowest BCUT2D eigenvalue weighted by Gasteiger charge is -2.05. The summed E-state index contributed by atoms with van der Waals surface area (Å²) in [4.78, 5) is 24.2. The Bertz CT molecular complexity index is 545. The molecular formula is C20H32O4. The number of aromatic hydroxyl groups is 1. The molecule has 0 saturated carbocycles. The van der Waals surface area contributed by atoms with E-state index >= 15 is 0 Å². The van der Waals surface area contributed by atoms with Crippen LogP contribution in [-0.4, -0.2) is 10.9 Å². The van der Waals surface area contributed by atoms with Gasteiger partial charge in [0.15, 0.2) is 5.78 Å². The normalized spacial score (nSPS) is 10.9. The first-order valence-electron chi connectivity index (χ1n) is 9.49. The van der Waals surface area contributed by atoms with Crippen LogP contribution in [0.15, 0.2) is 15.3 Å². The maximum absolute atomic E-state index is 12.2. The third kappa shape index (κ3) is 7.33. The standard InChI is InChI=1S/C20H32O4/c1-3-5-7-8-9-10-12-14-17(21)19-18(22)15-16(24-20(19)23)13-11-6-4-2/h15,22H,3-14H2,1-2H3. The van der Waals surface area contributed by atoms with Crippen molar-refractivity contribution < 1.29 is 14.3 Å². The summed E-state index contributed by atoms with van der Waals surface area (Å²) in [7, 11) is 0. The maximum Gasteiger partial charge on any atom is 0.350 e. The number of hydrogen-bond acceptors (Lipinski definition) is 4. The minimum absolute atomic E-state index is 0.180. The highest BCUT2D eigenvalue weighted by Crippen LogP contribution is 2.19. The van der Waals surface area contributed by atoms with E-state index < -0.39 is 5.63 Å². The van der Waals surface area contributed by atoms with Crippen LogP contribution in [-0.2, 0) is 6.42 Å². The summed E-state index contributed by atoms with van der Waals surface area (Å²) in [5.41, 5.74) is -0.880. The summed E-state index contributed by atoms with van der Waals surface area (Å²) < 4.78 is 5.19. The molecular weight excluding hydrogens is 304 g/mol. The molecule has 0 aliphatic heterocycles. The van der Waals surface area contributed by atoms with Gasteiger partial charge in [-0.2, -0.15) is 0 Å². The molecule has 0 unspecified atom stereocenters. The van der Waals surface area contributed by atoms with Crippen molar-refractivity contribution in [2.45, 2.75) is 90.9 Å². The zero-order chi connectivity index (χ0) is 17.8. The molecule has 136 valence electrons. The van der Waals surface area contributed by atoms with Gasteiger partial charge < -0.3 is 9.52 Å². The van der Waals surface area contributed by atoms with Crippen LogP contribution in [0.2, 0.25) is 0 Å². The van der Waals surface area contributed by atoms with Gasteiger partial charge in [-0.05, 0) is 12.8 Å². The Morgan fingerprint density at radius 2 is 1.54 bits per heavy atom. The van der Waals surface area contributed by atoms with Crippen LogP contribution in [0.25, 0.3) is 0 Å². The van der Waals surface area contributed by atoms with Gasteiger partial charge in [-0.15, -0.1) is 0 Å². The first-order chi connectivity index (χ1) is 11.6. The van der Waals surface area contributed by atoms with Gasteiger partial charge in [-0.3, -0.25) is 4.79 Å². The van der Waals surface area contributed by atoms with Crippen LogP contribution in [0.1, 0.15) is 101 Å². The number of carbonyl (C=O) groups excluding carboxylic acids is 1. The van der Waals surface area contributed by atoms with Crippen LogP contribution in [0.3, 0.4) is 0 Å². The van der Waals surface area contributed by atoms with E-state index in [0.717, 1.165) is 38.5 Å². The molecule has 1 heterocycles. The van der Waals surface area contributed by atoms with Crippen molar-refractivity contribution in [3.8, 4) is 5.75 Å². The van der Waals surface area contributed by atoms with E-state index in [-0.39, 0.29) is 17.1 Å². The zero-order valence-corrected chi connectivity index (χ0v) is 15.2. The van der Waals surface area contributed by atoms with E-state index in [1.54, 1.807) is 0 Å². The number of unbranched alkanes of at least 4 members (excludes halogenated alkanes) is 8. The molecule has 0 aliphatic rings. The first kappa shape index (κ1) is 20.5. The van der Waals surface area contributed by atoms with Crippen LogP contribution in [0, 0.1) is 0 Å². The molecule has 4 nitrogen and oxygen atoms in total. The summed E-state index contributed by atoms with van der Waals surface area (Å²) in [6.45, 7) is 4.28. The average Bonchev–Trinajstić information content (AvgIpc) is 2.53. The average molecular weight is 336 g/mol. The quantitative estimate of drug-likeness (QED) is 0.387. The Balaban J connectivity index is 2.47. The Hall–Kier alpha value is -1.58. The minimum Gasteiger partial charge on any atom is -0.507 e. The molecule has 0 radical (unpaired) electrons. The Morgan fingerprint density at radius 1 is 0.958 bits per heavy atom. The number of ketones is 1. The molecule has 0 fully saturated rings. The highest BCUT2D eigenvalue weighted by molar-refractivity contribution is 5.97. The maximum atomic E-state index is 12.2. The third-order valence-electron chi connectivity index (χ3n) is 4.29. The smallest absolute Gasteiger partial charge is 0.350 e. The predicted molar refractivity (Wildman–Crippen MR) is 96.8 cm³/mol. The highest BCUT2D eigenvalue weighted by atomic mass is 16.4. The van der Waals surface area contributed by atoms with Gasteiger partial charge in [-0.25, -0.2) is 4.79 Å². The molecule has 24 heavy (non-hydrogen) atoms. The number of rotatable bonds is 13. The summed E-state index contributed by atoms with van der Waals surface area (Å²) in [6.07, 6.45) is 11.7. The van der Waals surface area contributed by atoms with E-state index in [9.17, 15) is 14.7 Å². The molecule has 0 saturated heterocycles. The molecule has 1 aromatic heterocycles. The van der Waals surface area contributed by atoms with Gasteiger partial charge in [0.25, 0.3) is 0 Å². The number of hydrogen-bond donors (Lipinski definition) is 1. The van der Waals surface area contributed by atoms with Crippen molar-refractivity contribution in [1.82, 2.24) is 0 Å². The van der Waals surface area contributed by atoms with Gasteiger partial charge in [0, 0.05) is 18.9 Å². The van der Waals surface area contributed by atoms with E-state index in [4.69, 9.17) is 4.42 Å². The second-order valence-electron chi connectivity index (χ2n) is 6.51. The predicted octanol–water partition coefficient (Wildman–Crippen LogP) is 5.40. The van der Waals surface area contributed by atoms with Crippen LogP contribution < -0.4 is 5.63 Å². The molecule has 0 atom stereocenters. The highest BCUT2D eigenvalue weighted by Gasteiger charge is 2.18. The summed E-state index contributed by atoms with van der Waals surface area (Å²) >= 11 is 0. The summed E-state index contributed by atoms with van der Waals surface area (Å²) in [6, 6.07) is 1.43. The largest absolute Gasteiger partial charge is 0.507 e. The van der Waals surface area contributed by atoms with E-state index in [1.807, 2.05) is 0 Å². The molecule has 0 bridgehead atoms. The number of Topliss-reactive ketones (excluding diaryl/α,β-unsaturated/α-hetero) is 1. The van der Waals surface area contributed by atoms with E-state index in [1.165, 1.54) is 31.7 Å². The third-order valence-corrected chi connectivity index (χ3v) is 4.29. The lowest BCUT2D eigenvalue weighted by molar-refractivity contribution is 0.0971. The first-order valence-corrected chi connectivity index (χ1v) is 9.49. The topological polar surface area (TPSA) is 67.5 Å². The Morgan fingerprint density at radius 3 is 2.17 bits per heavy atom. The molecule has 4 heteroatoms. The summed E-state index contributed by atoms with van der Waals surface area (Å²) in [5, 5.41) is 10.0. The van der Waals surface area contributed by atoms with Gasteiger partial charge in [0.2, 0.25) is 0 Å². The minimum atomic E-state index is -0.700. The molecule has 0 spiro atoms. The molecule has 0 aliphatic carbocycles. The lowest BCUT2D eigenvalue weighted by atomic mass is 10.0. The van der Waals surface area contributed by atoms with Crippen molar-refractivity contribution >= 4 is 5.78 Å². The SMILES string of the molecule is CCCCCCCCCC(=O)c1c(O)cc(CCCCC)oc1=O. The fraction of sp³-hybridized carbons (Fsp3) is 0.700. The second kappa shape index (κ2) is 11.9. The van der Waals surface area contributed by atoms with Gasteiger partial charge >= 0.3 is 5.63 Å². The molecule has 0 aromatic carbocycles. The fourth-order valence-corrected chi connectivity index (χ4v) is 2.83. The van der Waals surface area contributed by atoms with Crippen molar-refractivity contribution in [3.05, 3.63) is 27.8 Å². The van der Waals surface area contributed by atoms with E-state index in [0.29, 0.717) is 18.6 Å². The van der Waals surface area contributed by atoms with Crippen LogP contribution in [0.5, 0.6) is 5.75 Å². The molecule has 1 aromatic rings. The molecule has 0 amide bonds. The van der Waals surface area contributed by atoms with Gasteiger partial charge in [0.05, 0.1) is 0 Å². The van der Waals surface area contributed by atoms with Gasteiger partial charge in [0.1, 0.15) is 17.1 Å². The zero-order valence-electron chi connectivity index (χ0n) is 15.2. The lowest BCUT2D eigenvalue weighted by Crippen LogP contribution is -2.15. The summed E-state index contributed by atoms with van der Waals surface area (Å²) in [5.74, 6) is -0.0842. The second-order valence-corrected chi connectivity index (χ2v) is 6.51.